The Kier molecular flexibility index (Phi) is 4.32. The third-order valence-corrected chi connectivity index (χ3v) is 6.14. The van der Waals surface area contributed by atoms with E-state index in [0.29, 0.717) is 17.6 Å². The second kappa shape index (κ2) is 6.91. The minimum Gasteiger partial charge on any atom is -0.478 e. The van der Waals surface area contributed by atoms with Gasteiger partial charge in [0.25, 0.3) is 0 Å². The fourth-order valence-corrected chi connectivity index (χ4v) is 4.55. The first-order chi connectivity index (χ1) is 14.4. The van der Waals surface area contributed by atoms with E-state index in [2.05, 4.69) is 20.0 Å². The average Bonchev–Trinajstić information content (AvgIpc) is 3.45. The molecule has 2 bridgehead atoms. The Balaban J connectivity index is 1.56. The smallest absolute Gasteiger partial charge is 0.335 e. The van der Waals surface area contributed by atoms with Gasteiger partial charge in [-0.15, -0.1) is 0 Å². The number of aryl methyl sites for hydroxylation is 2. The van der Waals surface area contributed by atoms with E-state index < -0.39 is 5.97 Å². The molecule has 0 spiro atoms. The molecule has 3 aromatic rings. The van der Waals surface area contributed by atoms with E-state index in [9.17, 15) is 9.90 Å². The summed E-state index contributed by atoms with van der Waals surface area (Å²) in [7, 11) is 1.86. The lowest BCUT2D eigenvalue weighted by Gasteiger charge is -2.26. The summed E-state index contributed by atoms with van der Waals surface area (Å²) in [5.41, 5.74) is 5.27. The first kappa shape index (κ1) is 18.7. The van der Waals surface area contributed by atoms with Crippen LogP contribution in [0, 0.1) is 13.8 Å². The number of morpholine rings is 1. The molecular weight excluding hydrogens is 382 g/mol. The van der Waals surface area contributed by atoms with E-state index in [-0.39, 0.29) is 11.7 Å². The van der Waals surface area contributed by atoms with Crippen molar-refractivity contribution in [1.29, 1.82) is 0 Å². The van der Waals surface area contributed by atoms with Gasteiger partial charge in [-0.2, -0.15) is 5.10 Å². The van der Waals surface area contributed by atoms with Crippen molar-refractivity contribution in [2.45, 2.75) is 32.4 Å². The van der Waals surface area contributed by atoms with Crippen molar-refractivity contribution in [3.8, 4) is 22.4 Å². The molecule has 2 aliphatic heterocycles. The number of aromatic carboxylic acids is 1. The second-order valence-corrected chi connectivity index (χ2v) is 8.07. The Hall–Kier alpha value is -3.26. The minimum absolute atomic E-state index is 0.265. The molecule has 5 rings (SSSR count). The highest BCUT2D eigenvalue weighted by Crippen LogP contribution is 2.34. The van der Waals surface area contributed by atoms with Gasteiger partial charge in [0, 0.05) is 37.1 Å². The molecule has 8 nitrogen and oxygen atoms in total. The van der Waals surface area contributed by atoms with Crippen molar-refractivity contribution in [2.75, 3.05) is 18.1 Å². The number of carboxylic acids is 1. The number of rotatable bonds is 4. The van der Waals surface area contributed by atoms with Crippen LogP contribution < -0.4 is 4.90 Å². The molecule has 2 atom stereocenters. The lowest BCUT2D eigenvalue weighted by molar-refractivity contribution is 0.0696. The minimum atomic E-state index is -0.957. The number of carboxylic acid groups (broad SMARTS) is 1. The quantitative estimate of drug-likeness (QED) is 0.713. The lowest BCUT2D eigenvalue weighted by Crippen LogP contribution is -2.38. The third kappa shape index (κ3) is 2.95. The number of hydrogen-bond donors (Lipinski definition) is 1. The molecule has 8 heteroatoms. The molecule has 2 saturated heterocycles. The van der Waals surface area contributed by atoms with Gasteiger partial charge in [0.2, 0.25) is 5.95 Å². The van der Waals surface area contributed by atoms with Crippen molar-refractivity contribution in [3.05, 3.63) is 47.4 Å². The highest BCUT2D eigenvalue weighted by molar-refractivity contribution is 5.94. The second-order valence-electron chi connectivity index (χ2n) is 8.07. The monoisotopic (exact) mass is 405 g/mol. The number of anilines is 1. The van der Waals surface area contributed by atoms with Gasteiger partial charge >= 0.3 is 5.97 Å². The molecule has 0 amide bonds. The number of hydrogen-bond acceptors (Lipinski definition) is 6. The fourth-order valence-electron chi connectivity index (χ4n) is 4.55. The Morgan fingerprint density at radius 3 is 2.50 bits per heavy atom. The van der Waals surface area contributed by atoms with Gasteiger partial charge in [-0.3, -0.25) is 4.68 Å². The van der Waals surface area contributed by atoms with Crippen LogP contribution in [0.1, 0.15) is 27.9 Å². The molecule has 1 N–H and O–H groups in total. The number of aromatic nitrogens is 4. The molecule has 2 unspecified atom stereocenters. The summed E-state index contributed by atoms with van der Waals surface area (Å²) < 4.78 is 7.43. The van der Waals surface area contributed by atoms with E-state index in [4.69, 9.17) is 4.74 Å². The summed E-state index contributed by atoms with van der Waals surface area (Å²) in [6.07, 6.45) is 6.63. The zero-order chi connectivity index (χ0) is 21.0. The zero-order valence-corrected chi connectivity index (χ0v) is 17.2. The van der Waals surface area contributed by atoms with Crippen LogP contribution in [0.2, 0.25) is 0 Å². The van der Waals surface area contributed by atoms with Crippen LogP contribution >= 0.6 is 0 Å². The van der Waals surface area contributed by atoms with Gasteiger partial charge < -0.3 is 14.7 Å². The predicted molar refractivity (Wildman–Crippen MR) is 112 cm³/mol. The largest absolute Gasteiger partial charge is 0.478 e. The van der Waals surface area contributed by atoms with Crippen molar-refractivity contribution in [2.24, 2.45) is 7.05 Å². The third-order valence-electron chi connectivity index (χ3n) is 6.14. The van der Waals surface area contributed by atoms with Crippen molar-refractivity contribution < 1.29 is 14.6 Å². The summed E-state index contributed by atoms with van der Waals surface area (Å²) in [6, 6.07) is 4.03. The molecule has 2 aliphatic rings. The van der Waals surface area contributed by atoms with Gasteiger partial charge in [0.1, 0.15) is 0 Å². The molecule has 2 fully saturated rings. The Morgan fingerprint density at radius 2 is 1.93 bits per heavy atom. The summed E-state index contributed by atoms with van der Waals surface area (Å²) in [6.45, 7) is 5.35. The maximum atomic E-state index is 11.9. The van der Waals surface area contributed by atoms with Gasteiger partial charge in [-0.1, -0.05) is 0 Å². The van der Waals surface area contributed by atoms with E-state index in [1.165, 1.54) is 0 Å². The van der Waals surface area contributed by atoms with Gasteiger partial charge in [-0.05, 0) is 49.1 Å². The van der Waals surface area contributed by atoms with Crippen LogP contribution in [-0.4, -0.2) is 56.1 Å². The molecule has 30 heavy (non-hydrogen) atoms. The Labute approximate surface area is 174 Å². The Morgan fingerprint density at radius 1 is 1.17 bits per heavy atom. The van der Waals surface area contributed by atoms with Crippen LogP contribution in [0.4, 0.5) is 5.95 Å². The summed E-state index contributed by atoms with van der Waals surface area (Å²) in [4.78, 5) is 23.3. The van der Waals surface area contributed by atoms with Crippen LogP contribution in [0.15, 0.2) is 30.7 Å². The topological polar surface area (TPSA) is 93.4 Å². The van der Waals surface area contributed by atoms with Crippen molar-refractivity contribution in [3.63, 3.8) is 0 Å². The standard InChI is InChI=1S/C22H23N5O3/c1-12-7-25-26(3)20(12)18-4-14(5-19(13(18)2)21(28)29)15-8-23-22(24-9-15)27-10-17-6-16(27)11-30-17/h4-5,7-9,16-17H,6,10-11H2,1-3H3,(H,28,29). The molecule has 0 aliphatic carbocycles. The van der Waals surface area contributed by atoms with E-state index in [0.717, 1.165) is 47.5 Å². The van der Waals surface area contributed by atoms with Gasteiger partial charge in [0.15, 0.2) is 0 Å². The Bertz CT molecular complexity index is 1120. The van der Waals surface area contributed by atoms with Crippen molar-refractivity contribution in [1.82, 2.24) is 19.7 Å². The molecule has 2 aromatic heterocycles. The zero-order valence-electron chi connectivity index (χ0n) is 17.2. The molecule has 0 saturated carbocycles. The van der Waals surface area contributed by atoms with E-state index in [1.807, 2.05) is 27.0 Å². The van der Waals surface area contributed by atoms with Crippen LogP contribution in [0.25, 0.3) is 22.4 Å². The first-order valence-corrected chi connectivity index (χ1v) is 10.00. The lowest BCUT2D eigenvalue weighted by atomic mass is 9.93. The number of carbonyl (C=O) groups is 1. The molecule has 1 aromatic carbocycles. The summed E-state index contributed by atoms with van der Waals surface area (Å²) in [5.74, 6) is -0.260. The normalized spacial score (nSPS) is 20.2. The molecular formula is C22H23N5O3. The maximum absolute atomic E-state index is 11.9. The van der Waals surface area contributed by atoms with Gasteiger partial charge in [-0.25, -0.2) is 14.8 Å². The van der Waals surface area contributed by atoms with Gasteiger partial charge in [0.05, 0.1) is 36.2 Å². The van der Waals surface area contributed by atoms with Crippen LogP contribution in [-0.2, 0) is 11.8 Å². The van der Waals surface area contributed by atoms with Crippen LogP contribution in [0.5, 0.6) is 0 Å². The average molecular weight is 405 g/mol. The maximum Gasteiger partial charge on any atom is 0.335 e. The number of ether oxygens (including phenoxy) is 1. The fraction of sp³-hybridized carbons (Fsp3) is 0.364. The van der Waals surface area contributed by atoms with Crippen molar-refractivity contribution >= 4 is 11.9 Å². The highest BCUT2D eigenvalue weighted by atomic mass is 16.5. The summed E-state index contributed by atoms with van der Waals surface area (Å²) >= 11 is 0. The number of benzene rings is 1. The number of nitrogens with zero attached hydrogens (tertiary/aromatic N) is 5. The molecule has 0 radical (unpaired) electrons. The van der Waals surface area contributed by atoms with Crippen LogP contribution in [0.3, 0.4) is 0 Å². The van der Waals surface area contributed by atoms with E-state index in [1.54, 1.807) is 29.3 Å². The van der Waals surface area contributed by atoms with E-state index >= 15 is 0 Å². The molecule has 4 heterocycles. The predicted octanol–water partition coefficient (Wildman–Crippen LogP) is 2.84. The summed E-state index contributed by atoms with van der Waals surface area (Å²) in [5, 5.41) is 14.1. The first-order valence-electron chi connectivity index (χ1n) is 10.00. The molecule has 154 valence electrons. The SMILES string of the molecule is Cc1cnn(C)c1-c1cc(-c2cnc(N3CC4CC3CO4)nc2)cc(C(=O)O)c1C. The number of fused-ring (bicyclic) bond motifs is 2. The highest BCUT2D eigenvalue weighted by Gasteiger charge is 2.40.